The number of Topliss-reactive ketones (excluding diaryl/α,β-unsaturated/α-hetero) is 1. The van der Waals surface area contributed by atoms with Gasteiger partial charge >= 0.3 is 11.7 Å². The maximum atomic E-state index is 13.1. The van der Waals surface area contributed by atoms with E-state index in [2.05, 4.69) is 0 Å². The zero-order valence-corrected chi connectivity index (χ0v) is 17.1. The predicted octanol–water partition coefficient (Wildman–Crippen LogP) is 4.76. The van der Waals surface area contributed by atoms with Gasteiger partial charge in [-0.2, -0.15) is 0 Å². The highest BCUT2D eigenvalue weighted by Crippen LogP contribution is 2.27. The molecule has 0 fully saturated rings. The number of esters is 1. The number of benzene rings is 3. The third kappa shape index (κ3) is 5.54. The van der Waals surface area contributed by atoms with Crippen molar-refractivity contribution in [2.75, 3.05) is 6.61 Å². The van der Waals surface area contributed by atoms with Crippen molar-refractivity contribution in [1.82, 2.24) is 0 Å². The van der Waals surface area contributed by atoms with E-state index in [4.69, 9.17) is 9.47 Å². The number of nitrogens with zero attached hydrogens (tertiary/aromatic N) is 1. The van der Waals surface area contributed by atoms with Crippen molar-refractivity contribution in [2.45, 2.75) is 20.0 Å². The SMILES string of the molecule is Cc1ccc(C(=O)[C@H](OC(=O)COc2ccccc2[N+](=O)[O-])c2ccc(C)cc2)cc1. The molecule has 0 amide bonds. The molecule has 0 unspecified atom stereocenters. The molecule has 0 aliphatic heterocycles. The fourth-order valence-corrected chi connectivity index (χ4v) is 2.92. The third-order valence-corrected chi connectivity index (χ3v) is 4.61. The zero-order chi connectivity index (χ0) is 22.4. The molecule has 0 aromatic heterocycles. The molecule has 0 saturated carbocycles. The van der Waals surface area contributed by atoms with Crippen molar-refractivity contribution in [3.05, 3.63) is 105 Å². The van der Waals surface area contributed by atoms with Gasteiger partial charge in [0, 0.05) is 17.2 Å². The Labute approximate surface area is 179 Å². The monoisotopic (exact) mass is 419 g/mol. The van der Waals surface area contributed by atoms with Crippen LogP contribution >= 0.6 is 0 Å². The molecule has 158 valence electrons. The molecular weight excluding hydrogens is 398 g/mol. The molecule has 0 bridgehead atoms. The lowest BCUT2D eigenvalue weighted by Gasteiger charge is -2.18. The van der Waals surface area contributed by atoms with Gasteiger partial charge in [-0.25, -0.2) is 4.79 Å². The van der Waals surface area contributed by atoms with Crippen LogP contribution in [0.25, 0.3) is 0 Å². The summed E-state index contributed by atoms with van der Waals surface area (Å²) in [7, 11) is 0. The van der Waals surface area contributed by atoms with E-state index in [1.54, 1.807) is 42.5 Å². The first-order valence-corrected chi connectivity index (χ1v) is 9.58. The lowest BCUT2D eigenvalue weighted by molar-refractivity contribution is -0.385. The Morgan fingerprint density at radius 1 is 0.903 bits per heavy atom. The van der Waals surface area contributed by atoms with Crippen molar-refractivity contribution < 1.29 is 24.0 Å². The second-order valence-corrected chi connectivity index (χ2v) is 7.02. The Hall–Kier alpha value is -4.00. The Morgan fingerprint density at radius 2 is 1.48 bits per heavy atom. The molecule has 0 radical (unpaired) electrons. The van der Waals surface area contributed by atoms with Gasteiger partial charge in [0.15, 0.2) is 18.5 Å². The number of ketones is 1. The summed E-state index contributed by atoms with van der Waals surface area (Å²) in [6.45, 7) is 3.24. The van der Waals surface area contributed by atoms with Gasteiger partial charge in [-0.05, 0) is 19.9 Å². The number of nitro groups is 1. The lowest BCUT2D eigenvalue weighted by Crippen LogP contribution is -2.24. The minimum Gasteiger partial charge on any atom is -0.475 e. The number of aryl methyl sites for hydroxylation is 2. The molecule has 1 atom stereocenters. The van der Waals surface area contributed by atoms with Gasteiger partial charge in [0.05, 0.1) is 4.92 Å². The molecule has 0 heterocycles. The Morgan fingerprint density at radius 3 is 2.10 bits per heavy atom. The van der Waals surface area contributed by atoms with Crippen molar-refractivity contribution in [1.29, 1.82) is 0 Å². The molecule has 0 saturated heterocycles. The van der Waals surface area contributed by atoms with Gasteiger partial charge in [-0.15, -0.1) is 0 Å². The van der Waals surface area contributed by atoms with Gasteiger partial charge in [0.1, 0.15) is 0 Å². The third-order valence-electron chi connectivity index (χ3n) is 4.61. The standard InChI is InChI=1S/C24H21NO6/c1-16-7-11-18(12-8-16)23(27)24(19-13-9-17(2)10-14-19)31-22(26)15-30-21-6-4-3-5-20(21)25(28)29/h3-14,24H,15H2,1-2H3/t24-/m1/s1. The number of para-hydroxylation sites is 2. The van der Waals surface area contributed by atoms with Crippen molar-refractivity contribution in [3.8, 4) is 5.75 Å². The van der Waals surface area contributed by atoms with E-state index in [0.717, 1.165) is 11.1 Å². The summed E-state index contributed by atoms with van der Waals surface area (Å²) in [6.07, 6.45) is -1.16. The Kier molecular flexibility index (Phi) is 6.77. The normalized spacial score (nSPS) is 11.4. The van der Waals surface area contributed by atoms with Crippen LogP contribution in [0.2, 0.25) is 0 Å². The zero-order valence-electron chi connectivity index (χ0n) is 17.1. The maximum absolute atomic E-state index is 13.1. The van der Waals surface area contributed by atoms with Gasteiger partial charge in [0.2, 0.25) is 5.78 Å². The highest BCUT2D eigenvalue weighted by atomic mass is 16.6. The van der Waals surface area contributed by atoms with Crippen LogP contribution < -0.4 is 4.74 Å². The van der Waals surface area contributed by atoms with Gasteiger partial charge in [0.25, 0.3) is 0 Å². The largest absolute Gasteiger partial charge is 0.475 e. The van der Waals surface area contributed by atoms with E-state index < -0.39 is 23.6 Å². The topological polar surface area (TPSA) is 95.7 Å². The van der Waals surface area contributed by atoms with Crippen LogP contribution in [0.15, 0.2) is 72.8 Å². The van der Waals surface area contributed by atoms with E-state index in [-0.39, 0.29) is 17.2 Å². The molecule has 0 aliphatic carbocycles. The molecule has 31 heavy (non-hydrogen) atoms. The first-order valence-electron chi connectivity index (χ1n) is 9.58. The predicted molar refractivity (Wildman–Crippen MR) is 114 cm³/mol. The summed E-state index contributed by atoms with van der Waals surface area (Å²) in [4.78, 5) is 36.0. The van der Waals surface area contributed by atoms with E-state index in [1.807, 2.05) is 26.0 Å². The Balaban J connectivity index is 1.79. The highest BCUT2D eigenvalue weighted by Gasteiger charge is 2.27. The summed E-state index contributed by atoms with van der Waals surface area (Å²) >= 11 is 0. The van der Waals surface area contributed by atoms with Crippen molar-refractivity contribution >= 4 is 17.4 Å². The van der Waals surface area contributed by atoms with Crippen LogP contribution in [0, 0.1) is 24.0 Å². The average molecular weight is 419 g/mol. The van der Waals surface area contributed by atoms with Gasteiger partial charge in [-0.1, -0.05) is 71.8 Å². The van der Waals surface area contributed by atoms with Crippen LogP contribution in [0.4, 0.5) is 5.69 Å². The van der Waals surface area contributed by atoms with Crippen LogP contribution in [0.3, 0.4) is 0 Å². The summed E-state index contributed by atoms with van der Waals surface area (Å²) in [5, 5.41) is 11.1. The second kappa shape index (κ2) is 9.67. The van der Waals surface area contributed by atoms with Crippen molar-refractivity contribution in [2.24, 2.45) is 0 Å². The quantitative estimate of drug-likeness (QED) is 0.226. The molecule has 7 heteroatoms. The molecule has 0 aliphatic rings. The number of hydrogen-bond acceptors (Lipinski definition) is 6. The lowest BCUT2D eigenvalue weighted by atomic mass is 9.98. The smallest absolute Gasteiger partial charge is 0.345 e. The van der Waals surface area contributed by atoms with Crippen LogP contribution in [0.5, 0.6) is 5.75 Å². The maximum Gasteiger partial charge on any atom is 0.345 e. The van der Waals surface area contributed by atoms with Crippen LogP contribution in [-0.4, -0.2) is 23.3 Å². The molecule has 3 rings (SSSR count). The fourth-order valence-electron chi connectivity index (χ4n) is 2.92. The van der Waals surface area contributed by atoms with E-state index in [1.165, 1.54) is 18.2 Å². The van der Waals surface area contributed by atoms with Gasteiger partial charge in [-0.3, -0.25) is 14.9 Å². The first-order chi connectivity index (χ1) is 14.8. The average Bonchev–Trinajstić information content (AvgIpc) is 2.77. The minimum absolute atomic E-state index is 0.0544. The summed E-state index contributed by atoms with van der Waals surface area (Å²) in [6, 6.07) is 19.8. The van der Waals surface area contributed by atoms with E-state index >= 15 is 0 Å². The summed E-state index contributed by atoms with van der Waals surface area (Å²) in [5.74, 6) is -1.24. The van der Waals surface area contributed by atoms with E-state index in [9.17, 15) is 19.7 Å². The summed E-state index contributed by atoms with van der Waals surface area (Å²) < 4.78 is 10.8. The number of hydrogen-bond donors (Lipinski definition) is 0. The molecule has 7 nitrogen and oxygen atoms in total. The van der Waals surface area contributed by atoms with Crippen LogP contribution in [-0.2, 0) is 9.53 Å². The first kappa shape index (κ1) is 21.7. The molecule has 0 spiro atoms. The molecule has 3 aromatic rings. The van der Waals surface area contributed by atoms with Crippen molar-refractivity contribution in [3.63, 3.8) is 0 Å². The number of rotatable bonds is 8. The molecular formula is C24H21NO6. The number of ether oxygens (including phenoxy) is 2. The Bertz CT molecular complexity index is 1090. The molecule has 0 N–H and O–H groups in total. The molecule has 3 aromatic carbocycles. The van der Waals surface area contributed by atoms with Gasteiger partial charge < -0.3 is 9.47 Å². The second-order valence-electron chi connectivity index (χ2n) is 7.02. The number of carbonyl (C=O) groups excluding carboxylic acids is 2. The minimum atomic E-state index is -1.16. The van der Waals surface area contributed by atoms with Crippen LogP contribution in [0.1, 0.15) is 33.2 Å². The number of carbonyl (C=O) groups is 2. The fraction of sp³-hybridized carbons (Fsp3) is 0.167. The summed E-state index contributed by atoms with van der Waals surface area (Å²) in [5.41, 5.74) is 2.66. The number of nitro benzene ring substituents is 1. The van der Waals surface area contributed by atoms with E-state index in [0.29, 0.717) is 11.1 Å². The highest BCUT2D eigenvalue weighted by molar-refractivity contribution is 6.01.